The topological polar surface area (TPSA) is 55.2 Å². The summed E-state index contributed by atoms with van der Waals surface area (Å²) in [6.07, 6.45) is 0.970. The molecule has 0 radical (unpaired) electrons. The molecule has 0 amide bonds. The Morgan fingerprint density at radius 1 is 1.24 bits per heavy atom. The third kappa shape index (κ3) is 3.52. The highest BCUT2D eigenvalue weighted by molar-refractivity contribution is 6.33. The highest BCUT2D eigenvalue weighted by Crippen LogP contribution is 2.30. The Morgan fingerprint density at radius 2 is 1.90 bits per heavy atom. The molecule has 0 aliphatic heterocycles. The quantitative estimate of drug-likeness (QED) is 0.641. The van der Waals surface area contributed by atoms with Gasteiger partial charge in [-0.3, -0.25) is 10.1 Å². The summed E-state index contributed by atoms with van der Waals surface area (Å²) in [5.74, 6) is 0. The minimum atomic E-state index is -0.467. The fourth-order valence-electron chi connectivity index (χ4n) is 2.26. The van der Waals surface area contributed by atoms with Gasteiger partial charge in [0.2, 0.25) is 0 Å². The second-order valence-electron chi connectivity index (χ2n) is 4.85. The Balaban J connectivity index is 2.21. The molecule has 2 rings (SSSR count). The Morgan fingerprint density at radius 3 is 2.52 bits per heavy atom. The maximum Gasteiger partial charge on any atom is 0.288 e. The van der Waals surface area contributed by atoms with Crippen LogP contribution >= 0.6 is 11.6 Å². The molecule has 0 aromatic heterocycles. The molecule has 0 saturated carbocycles. The molecule has 0 aliphatic carbocycles. The molecule has 5 heteroatoms. The van der Waals surface area contributed by atoms with E-state index in [1.165, 1.54) is 17.2 Å². The fourth-order valence-corrected chi connectivity index (χ4v) is 2.49. The number of benzene rings is 2. The first-order valence-electron chi connectivity index (χ1n) is 6.78. The van der Waals surface area contributed by atoms with Crippen molar-refractivity contribution in [2.24, 2.45) is 0 Å². The van der Waals surface area contributed by atoms with Crippen molar-refractivity contribution in [3.8, 4) is 0 Å². The Hall–Kier alpha value is -2.07. The van der Waals surface area contributed by atoms with E-state index in [1.807, 2.05) is 19.1 Å². The number of aryl methyl sites for hydroxylation is 2. The van der Waals surface area contributed by atoms with Gasteiger partial charge < -0.3 is 5.32 Å². The zero-order valence-corrected chi connectivity index (χ0v) is 12.8. The SMILES string of the molecule is CCc1ccccc1CNc1cc(Cl)c([N+](=O)[O-])cc1C. The summed E-state index contributed by atoms with van der Waals surface area (Å²) in [6.45, 7) is 4.61. The summed E-state index contributed by atoms with van der Waals surface area (Å²) >= 11 is 5.95. The Kier molecular flexibility index (Phi) is 4.81. The van der Waals surface area contributed by atoms with Crippen LogP contribution in [0.4, 0.5) is 11.4 Å². The van der Waals surface area contributed by atoms with Crippen LogP contribution in [-0.2, 0) is 13.0 Å². The summed E-state index contributed by atoms with van der Waals surface area (Å²) in [7, 11) is 0. The van der Waals surface area contributed by atoms with E-state index in [0.29, 0.717) is 6.54 Å². The number of hydrogen-bond acceptors (Lipinski definition) is 3. The van der Waals surface area contributed by atoms with Gasteiger partial charge in [0.25, 0.3) is 5.69 Å². The average molecular weight is 305 g/mol. The molecule has 110 valence electrons. The molecule has 2 aromatic carbocycles. The lowest BCUT2D eigenvalue weighted by atomic mass is 10.1. The number of nitro benzene ring substituents is 1. The van der Waals surface area contributed by atoms with Crippen molar-refractivity contribution < 1.29 is 4.92 Å². The average Bonchev–Trinajstić information content (AvgIpc) is 2.47. The van der Waals surface area contributed by atoms with Gasteiger partial charge in [-0.2, -0.15) is 0 Å². The third-order valence-electron chi connectivity index (χ3n) is 3.46. The Bertz CT molecular complexity index is 671. The van der Waals surface area contributed by atoms with Crippen LogP contribution < -0.4 is 5.32 Å². The van der Waals surface area contributed by atoms with E-state index in [9.17, 15) is 10.1 Å². The number of nitrogens with one attached hydrogen (secondary N) is 1. The second kappa shape index (κ2) is 6.59. The first kappa shape index (κ1) is 15.3. The minimum absolute atomic E-state index is 0.0614. The lowest BCUT2D eigenvalue weighted by Crippen LogP contribution is -2.04. The highest BCUT2D eigenvalue weighted by Gasteiger charge is 2.14. The zero-order valence-electron chi connectivity index (χ0n) is 12.0. The van der Waals surface area contributed by atoms with E-state index in [0.717, 1.165) is 17.7 Å². The van der Waals surface area contributed by atoms with Crippen LogP contribution in [0.3, 0.4) is 0 Å². The largest absolute Gasteiger partial charge is 0.381 e. The van der Waals surface area contributed by atoms with Gasteiger partial charge in [0.1, 0.15) is 5.02 Å². The molecule has 0 fully saturated rings. The number of nitrogens with zero attached hydrogens (tertiary/aromatic N) is 1. The van der Waals surface area contributed by atoms with Crippen LogP contribution in [0.1, 0.15) is 23.6 Å². The molecule has 0 spiro atoms. The van der Waals surface area contributed by atoms with E-state index < -0.39 is 4.92 Å². The normalized spacial score (nSPS) is 10.4. The van der Waals surface area contributed by atoms with Crippen LogP contribution in [0.15, 0.2) is 36.4 Å². The van der Waals surface area contributed by atoms with Crippen LogP contribution in [0.5, 0.6) is 0 Å². The smallest absolute Gasteiger partial charge is 0.288 e. The van der Waals surface area contributed by atoms with Crippen molar-refractivity contribution in [3.05, 3.63) is 68.2 Å². The van der Waals surface area contributed by atoms with E-state index in [4.69, 9.17) is 11.6 Å². The van der Waals surface area contributed by atoms with Crippen molar-refractivity contribution in [1.29, 1.82) is 0 Å². The van der Waals surface area contributed by atoms with Crippen molar-refractivity contribution in [2.75, 3.05) is 5.32 Å². The molecule has 1 N–H and O–H groups in total. The first-order chi connectivity index (χ1) is 10.0. The number of hydrogen-bond donors (Lipinski definition) is 1. The first-order valence-corrected chi connectivity index (χ1v) is 7.16. The fraction of sp³-hybridized carbons (Fsp3) is 0.250. The van der Waals surface area contributed by atoms with Crippen LogP contribution in [0.2, 0.25) is 5.02 Å². The van der Waals surface area contributed by atoms with Crippen molar-refractivity contribution in [3.63, 3.8) is 0 Å². The van der Waals surface area contributed by atoms with Gasteiger partial charge in [0.15, 0.2) is 0 Å². The molecule has 0 saturated heterocycles. The number of rotatable bonds is 5. The second-order valence-corrected chi connectivity index (χ2v) is 5.26. The van der Waals surface area contributed by atoms with Gasteiger partial charge in [-0.25, -0.2) is 0 Å². The molecule has 0 unspecified atom stereocenters. The molecule has 21 heavy (non-hydrogen) atoms. The monoisotopic (exact) mass is 304 g/mol. The van der Waals surface area contributed by atoms with E-state index >= 15 is 0 Å². The van der Waals surface area contributed by atoms with Crippen LogP contribution in [0.25, 0.3) is 0 Å². The molecule has 4 nitrogen and oxygen atoms in total. The summed E-state index contributed by atoms with van der Waals surface area (Å²) < 4.78 is 0. The minimum Gasteiger partial charge on any atom is -0.381 e. The molecular weight excluding hydrogens is 288 g/mol. The van der Waals surface area contributed by atoms with Crippen molar-refractivity contribution >= 4 is 23.0 Å². The maximum atomic E-state index is 10.8. The van der Waals surface area contributed by atoms with Crippen LogP contribution in [-0.4, -0.2) is 4.92 Å². The number of nitro groups is 1. The van der Waals surface area contributed by atoms with Crippen molar-refractivity contribution in [2.45, 2.75) is 26.8 Å². The number of halogens is 1. The van der Waals surface area contributed by atoms with Crippen LogP contribution in [0, 0.1) is 17.0 Å². The predicted octanol–water partition coefficient (Wildman–Crippen LogP) is 4.73. The summed E-state index contributed by atoms with van der Waals surface area (Å²) in [4.78, 5) is 10.4. The van der Waals surface area contributed by atoms with E-state index in [-0.39, 0.29) is 10.7 Å². The van der Waals surface area contributed by atoms with Gasteiger partial charge in [0, 0.05) is 18.3 Å². The summed E-state index contributed by atoms with van der Waals surface area (Å²) in [5, 5.41) is 14.3. The zero-order chi connectivity index (χ0) is 15.4. The van der Waals surface area contributed by atoms with Gasteiger partial charge in [-0.15, -0.1) is 0 Å². The summed E-state index contributed by atoms with van der Waals surface area (Å²) in [5.41, 5.74) is 4.06. The third-order valence-corrected chi connectivity index (χ3v) is 3.76. The van der Waals surface area contributed by atoms with Crippen molar-refractivity contribution in [1.82, 2.24) is 0 Å². The number of anilines is 1. The maximum absolute atomic E-state index is 10.8. The molecule has 0 atom stereocenters. The van der Waals surface area contributed by atoms with E-state index in [1.54, 1.807) is 6.07 Å². The Labute approximate surface area is 128 Å². The summed E-state index contributed by atoms with van der Waals surface area (Å²) in [6, 6.07) is 11.3. The standard InChI is InChI=1S/C16H17ClN2O2/c1-3-12-6-4-5-7-13(12)10-18-15-9-14(17)16(19(20)21)8-11(15)2/h4-9,18H,3,10H2,1-2H3. The van der Waals surface area contributed by atoms with Gasteiger partial charge in [-0.1, -0.05) is 42.8 Å². The molecule has 0 heterocycles. The molecule has 0 aliphatic rings. The van der Waals surface area contributed by atoms with Gasteiger partial charge in [-0.05, 0) is 36.1 Å². The highest BCUT2D eigenvalue weighted by atomic mass is 35.5. The van der Waals surface area contributed by atoms with Gasteiger partial charge >= 0.3 is 0 Å². The lowest BCUT2D eigenvalue weighted by Gasteiger charge is -2.12. The molecular formula is C16H17ClN2O2. The molecule has 2 aromatic rings. The van der Waals surface area contributed by atoms with Gasteiger partial charge in [0.05, 0.1) is 4.92 Å². The molecule has 0 bridgehead atoms. The predicted molar refractivity (Wildman–Crippen MR) is 86.0 cm³/mol. The lowest BCUT2D eigenvalue weighted by molar-refractivity contribution is -0.384. The van der Waals surface area contributed by atoms with E-state index in [2.05, 4.69) is 24.4 Å².